The number of hydrogen-bond donors (Lipinski definition) is 0. The summed E-state index contributed by atoms with van der Waals surface area (Å²) in [7, 11) is 0. The van der Waals surface area contributed by atoms with E-state index in [4.69, 9.17) is 11.6 Å². The van der Waals surface area contributed by atoms with Gasteiger partial charge in [0.1, 0.15) is 5.15 Å². The van der Waals surface area contributed by atoms with Crippen molar-refractivity contribution in [2.45, 2.75) is 12.7 Å². The maximum absolute atomic E-state index is 12.6. The Labute approximate surface area is 149 Å². The summed E-state index contributed by atoms with van der Waals surface area (Å²) in [6, 6.07) is 5.74. The van der Waals surface area contributed by atoms with Crippen LogP contribution in [-0.4, -0.2) is 29.5 Å². The summed E-state index contributed by atoms with van der Waals surface area (Å²) in [4.78, 5) is 7.81. The van der Waals surface area contributed by atoms with E-state index in [1.165, 1.54) is 10.7 Å². The lowest BCUT2D eigenvalue weighted by molar-refractivity contribution is -0.137. The Balaban J connectivity index is 1.56. The topological polar surface area (TPSA) is 61.4 Å². The van der Waals surface area contributed by atoms with Crippen molar-refractivity contribution in [3.63, 3.8) is 0 Å². The van der Waals surface area contributed by atoms with Gasteiger partial charge in [-0.05, 0) is 24.3 Å². The van der Waals surface area contributed by atoms with Crippen molar-refractivity contribution in [3.05, 3.63) is 65.5 Å². The molecular formula is C16H10ClF3N6. The van der Waals surface area contributed by atoms with E-state index < -0.39 is 11.7 Å². The molecule has 10 heteroatoms. The monoisotopic (exact) mass is 378 g/mol. The first-order valence-electron chi connectivity index (χ1n) is 7.46. The van der Waals surface area contributed by atoms with Gasteiger partial charge in [0.05, 0.1) is 28.7 Å². The number of aromatic nitrogens is 6. The van der Waals surface area contributed by atoms with Crippen LogP contribution in [0.1, 0.15) is 11.3 Å². The van der Waals surface area contributed by atoms with Crippen LogP contribution >= 0.6 is 11.6 Å². The van der Waals surface area contributed by atoms with Crippen molar-refractivity contribution in [2.24, 2.45) is 0 Å². The average molecular weight is 379 g/mol. The normalized spacial score (nSPS) is 12.0. The standard InChI is InChI=1S/C16H10ClF3N6/c17-15-12-9-25(24-13(12)3-5-21-15)8-11-4-6-26(23-11)14-2-1-10(7-22-14)16(18,19)20/h1-7,9H,8H2. The van der Waals surface area contributed by atoms with E-state index in [9.17, 15) is 13.2 Å². The smallest absolute Gasteiger partial charge is 0.265 e. The van der Waals surface area contributed by atoms with Crippen molar-refractivity contribution in [1.82, 2.24) is 29.5 Å². The molecule has 4 aromatic rings. The van der Waals surface area contributed by atoms with E-state index in [1.807, 2.05) is 0 Å². The van der Waals surface area contributed by atoms with Crippen LogP contribution in [0.25, 0.3) is 16.7 Å². The number of pyridine rings is 2. The summed E-state index contributed by atoms with van der Waals surface area (Å²) in [5.41, 5.74) is 0.583. The first kappa shape index (κ1) is 16.5. The van der Waals surface area contributed by atoms with E-state index >= 15 is 0 Å². The van der Waals surface area contributed by atoms with Crippen LogP contribution in [0.3, 0.4) is 0 Å². The van der Waals surface area contributed by atoms with Gasteiger partial charge in [-0.15, -0.1) is 0 Å². The second-order valence-electron chi connectivity index (χ2n) is 5.52. The molecule has 0 unspecified atom stereocenters. The Morgan fingerprint density at radius 3 is 2.58 bits per heavy atom. The lowest BCUT2D eigenvalue weighted by Gasteiger charge is -2.06. The molecule has 0 aromatic carbocycles. The molecule has 0 fully saturated rings. The van der Waals surface area contributed by atoms with Gasteiger partial charge in [-0.25, -0.2) is 14.6 Å². The molecule has 0 radical (unpaired) electrons. The van der Waals surface area contributed by atoms with Crippen molar-refractivity contribution in [3.8, 4) is 5.82 Å². The van der Waals surface area contributed by atoms with E-state index in [1.54, 1.807) is 35.4 Å². The van der Waals surface area contributed by atoms with Gasteiger partial charge in [0.2, 0.25) is 0 Å². The van der Waals surface area contributed by atoms with Crippen LogP contribution in [0.5, 0.6) is 0 Å². The number of alkyl halides is 3. The maximum Gasteiger partial charge on any atom is 0.417 e. The first-order chi connectivity index (χ1) is 12.4. The molecule has 0 aliphatic rings. The van der Waals surface area contributed by atoms with Gasteiger partial charge in [0.25, 0.3) is 0 Å². The third-order valence-electron chi connectivity index (χ3n) is 3.71. The molecule has 0 aliphatic heterocycles. The van der Waals surface area contributed by atoms with Crippen molar-refractivity contribution in [2.75, 3.05) is 0 Å². The SMILES string of the molecule is FC(F)(F)c1ccc(-n2ccc(Cn3cc4c(Cl)nccc4n3)n2)nc1. The van der Waals surface area contributed by atoms with Gasteiger partial charge in [-0.3, -0.25) is 4.68 Å². The van der Waals surface area contributed by atoms with Gasteiger partial charge in [-0.1, -0.05) is 11.6 Å². The second-order valence-corrected chi connectivity index (χ2v) is 5.87. The molecule has 4 heterocycles. The Bertz CT molecular complexity index is 1070. The minimum Gasteiger partial charge on any atom is -0.265 e. The molecule has 26 heavy (non-hydrogen) atoms. The fourth-order valence-corrected chi connectivity index (χ4v) is 2.67. The largest absolute Gasteiger partial charge is 0.417 e. The predicted molar refractivity (Wildman–Crippen MR) is 88.0 cm³/mol. The Hall–Kier alpha value is -2.94. The molecule has 0 aliphatic carbocycles. The molecular weight excluding hydrogens is 369 g/mol. The molecule has 6 nitrogen and oxygen atoms in total. The first-order valence-corrected chi connectivity index (χ1v) is 7.84. The Morgan fingerprint density at radius 1 is 1.04 bits per heavy atom. The summed E-state index contributed by atoms with van der Waals surface area (Å²) in [6.45, 7) is 0.374. The summed E-state index contributed by atoms with van der Waals surface area (Å²) in [5, 5.41) is 9.82. The fraction of sp³-hybridized carbons (Fsp3) is 0.125. The average Bonchev–Trinajstić information content (AvgIpc) is 3.22. The van der Waals surface area contributed by atoms with Gasteiger partial charge in [-0.2, -0.15) is 23.4 Å². The highest BCUT2D eigenvalue weighted by molar-refractivity contribution is 6.34. The van der Waals surface area contributed by atoms with Gasteiger partial charge < -0.3 is 0 Å². The quantitative estimate of drug-likeness (QED) is 0.510. The maximum atomic E-state index is 12.6. The molecule has 132 valence electrons. The number of rotatable bonds is 3. The van der Waals surface area contributed by atoms with Crippen molar-refractivity contribution in [1.29, 1.82) is 0 Å². The molecule has 0 saturated heterocycles. The zero-order chi connectivity index (χ0) is 18.3. The zero-order valence-electron chi connectivity index (χ0n) is 13.0. The molecule has 4 rings (SSSR count). The highest BCUT2D eigenvalue weighted by atomic mass is 35.5. The molecule has 0 spiro atoms. The summed E-state index contributed by atoms with van der Waals surface area (Å²) in [6.07, 6.45) is 1.33. The number of halogens is 4. The molecule has 0 saturated carbocycles. The van der Waals surface area contributed by atoms with Crippen LogP contribution in [0.2, 0.25) is 5.15 Å². The van der Waals surface area contributed by atoms with Gasteiger partial charge in [0.15, 0.2) is 5.82 Å². The molecule has 0 bridgehead atoms. The third kappa shape index (κ3) is 3.13. The predicted octanol–water partition coefficient (Wildman–Crippen LogP) is 3.73. The van der Waals surface area contributed by atoms with Crippen LogP contribution in [0, 0.1) is 0 Å². The summed E-state index contributed by atoms with van der Waals surface area (Å²) >= 11 is 6.03. The van der Waals surface area contributed by atoms with Crippen LogP contribution < -0.4 is 0 Å². The summed E-state index contributed by atoms with van der Waals surface area (Å²) in [5.74, 6) is 0.294. The highest BCUT2D eigenvalue weighted by Crippen LogP contribution is 2.28. The van der Waals surface area contributed by atoms with Crippen molar-refractivity contribution >= 4 is 22.5 Å². The van der Waals surface area contributed by atoms with Crippen LogP contribution in [0.15, 0.2) is 49.1 Å². The van der Waals surface area contributed by atoms with E-state index in [0.717, 1.165) is 17.6 Å². The third-order valence-corrected chi connectivity index (χ3v) is 4.01. The Kier molecular flexibility index (Phi) is 3.87. The van der Waals surface area contributed by atoms with E-state index in [-0.39, 0.29) is 0 Å². The molecule has 0 amide bonds. The highest BCUT2D eigenvalue weighted by Gasteiger charge is 2.30. The van der Waals surface area contributed by atoms with E-state index in [2.05, 4.69) is 20.2 Å². The van der Waals surface area contributed by atoms with Crippen LogP contribution in [0.4, 0.5) is 13.2 Å². The number of nitrogens with zero attached hydrogens (tertiary/aromatic N) is 6. The van der Waals surface area contributed by atoms with Gasteiger partial charge in [0, 0.05) is 24.8 Å². The number of fused-ring (bicyclic) bond motifs is 1. The molecule has 0 atom stereocenters. The fourth-order valence-electron chi connectivity index (χ4n) is 2.47. The lowest BCUT2D eigenvalue weighted by Crippen LogP contribution is -2.07. The zero-order valence-corrected chi connectivity index (χ0v) is 13.8. The number of hydrogen-bond acceptors (Lipinski definition) is 4. The van der Waals surface area contributed by atoms with Crippen molar-refractivity contribution < 1.29 is 13.2 Å². The Morgan fingerprint density at radius 2 is 1.88 bits per heavy atom. The van der Waals surface area contributed by atoms with Gasteiger partial charge >= 0.3 is 6.18 Å². The second kappa shape index (κ2) is 6.10. The van der Waals surface area contributed by atoms with E-state index in [0.29, 0.717) is 28.7 Å². The summed E-state index contributed by atoms with van der Waals surface area (Å²) < 4.78 is 40.9. The molecule has 0 N–H and O–H groups in total. The molecule has 4 aromatic heterocycles. The lowest BCUT2D eigenvalue weighted by atomic mass is 10.3. The van der Waals surface area contributed by atoms with Crippen LogP contribution in [-0.2, 0) is 12.7 Å². The minimum atomic E-state index is -4.42. The minimum absolute atomic E-state index is 0.294.